The second-order valence-corrected chi connectivity index (χ2v) is 13.4. The molecule has 0 fully saturated rings. The van der Waals surface area contributed by atoms with Gasteiger partial charge in [0.05, 0.1) is 32.7 Å². The first kappa shape index (κ1) is 29.2. The lowest BCUT2D eigenvalue weighted by Crippen LogP contribution is -2.27. The largest absolute Gasteiger partial charge is 0.360 e. The monoisotopic (exact) mass is 608 g/mol. The Morgan fingerprint density at radius 1 is 0.977 bits per heavy atom. The Morgan fingerprint density at radius 2 is 1.70 bits per heavy atom. The standard InChI is InChI=1S/C35H33ClN4O2S/c1-19-16-28-33(31(22-8-11-25(36)12-9-22)30(19)32(21(3)41)42-35(4,5)6)43-34(38-28)24-14-15-37-27(18-24)23-10-13-29-26(17-23)20(2)39-40(29)7/h8-18,32H,1-7H3/t32-/m1/s1. The van der Waals surface area contributed by atoms with Gasteiger partial charge in [-0.2, -0.15) is 5.10 Å². The first-order valence-electron chi connectivity index (χ1n) is 14.2. The molecule has 3 aromatic carbocycles. The number of hydrogen-bond donors (Lipinski definition) is 0. The van der Waals surface area contributed by atoms with Crippen LogP contribution in [0.2, 0.25) is 5.02 Å². The number of hydrogen-bond acceptors (Lipinski definition) is 6. The maximum Gasteiger partial charge on any atom is 0.163 e. The summed E-state index contributed by atoms with van der Waals surface area (Å²) >= 11 is 7.89. The van der Waals surface area contributed by atoms with E-state index in [1.165, 1.54) is 0 Å². The van der Waals surface area contributed by atoms with Gasteiger partial charge in [-0.15, -0.1) is 11.3 Å². The number of thiazole rings is 1. The maximum atomic E-state index is 13.1. The Hall–Kier alpha value is -3.91. The summed E-state index contributed by atoms with van der Waals surface area (Å²) in [6.07, 6.45) is 1.11. The van der Waals surface area contributed by atoms with Crippen molar-refractivity contribution in [1.82, 2.24) is 19.7 Å². The highest BCUT2D eigenvalue weighted by Crippen LogP contribution is 2.44. The van der Waals surface area contributed by atoms with E-state index >= 15 is 0 Å². The van der Waals surface area contributed by atoms with Gasteiger partial charge in [0.25, 0.3) is 0 Å². The van der Waals surface area contributed by atoms with Gasteiger partial charge in [-0.3, -0.25) is 14.5 Å². The Balaban J connectivity index is 1.53. The SMILES string of the molecule is CC(=O)[C@@H](OC(C)(C)C)c1c(C)cc2nc(-c3ccnc(-c4ccc5c(c4)c(C)nn5C)c3)sc2c1-c1ccc(Cl)cc1. The zero-order valence-electron chi connectivity index (χ0n) is 25.3. The van der Waals surface area contributed by atoms with Gasteiger partial charge in [-0.05, 0) is 95.1 Å². The van der Waals surface area contributed by atoms with E-state index in [0.29, 0.717) is 5.02 Å². The van der Waals surface area contributed by atoms with Crippen LogP contribution in [0, 0.1) is 13.8 Å². The highest BCUT2D eigenvalue weighted by Gasteiger charge is 2.30. The normalized spacial score (nSPS) is 12.7. The summed E-state index contributed by atoms with van der Waals surface area (Å²) in [7, 11) is 1.96. The molecule has 0 amide bonds. The average molecular weight is 609 g/mol. The van der Waals surface area contributed by atoms with Crippen LogP contribution in [-0.2, 0) is 16.6 Å². The fourth-order valence-corrected chi connectivity index (χ4v) is 6.84. The number of aryl methyl sites for hydroxylation is 3. The zero-order chi connectivity index (χ0) is 30.6. The Labute approximate surface area is 260 Å². The van der Waals surface area contributed by atoms with Gasteiger partial charge >= 0.3 is 0 Å². The highest BCUT2D eigenvalue weighted by molar-refractivity contribution is 7.22. The molecule has 8 heteroatoms. The Kier molecular flexibility index (Phi) is 7.45. The summed E-state index contributed by atoms with van der Waals surface area (Å²) in [4.78, 5) is 22.9. The van der Waals surface area contributed by atoms with Gasteiger partial charge in [0, 0.05) is 45.9 Å². The van der Waals surface area contributed by atoms with E-state index in [4.69, 9.17) is 26.3 Å². The van der Waals surface area contributed by atoms with Crippen LogP contribution in [0.1, 0.15) is 50.6 Å². The smallest absolute Gasteiger partial charge is 0.163 e. The molecule has 0 aliphatic rings. The minimum absolute atomic E-state index is 0.0445. The van der Waals surface area contributed by atoms with E-state index in [0.717, 1.165) is 70.9 Å². The topological polar surface area (TPSA) is 69.9 Å². The van der Waals surface area contributed by atoms with Crippen LogP contribution in [0.25, 0.3) is 54.1 Å². The summed E-state index contributed by atoms with van der Waals surface area (Å²) in [6.45, 7) is 11.5. The van der Waals surface area contributed by atoms with E-state index in [1.807, 2.05) is 82.9 Å². The summed E-state index contributed by atoms with van der Waals surface area (Å²) < 4.78 is 9.28. The fourth-order valence-electron chi connectivity index (χ4n) is 5.60. The quantitative estimate of drug-likeness (QED) is 0.188. The number of ketones is 1. The number of nitrogens with zero attached hydrogens (tertiary/aromatic N) is 4. The minimum atomic E-state index is -0.723. The van der Waals surface area contributed by atoms with E-state index in [2.05, 4.69) is 35.4 Å². The van der Waals surface area contributed by atoms with Crippen LogP contribution >= 0.6 is 22.9 Å². The molecule has 0 aliphatic carbocycles. The van der Waals surface area contributed by atoms with Crippen molar-refractivity contribution < 1.29 is 9.53 Å². The molecule has 43 heavy (non-hydrogen) atoms. The number of halogens is 1. The number of fused-ring (bicyclic) bond motifs is 2. The number of Topliss-reactive ketones (excluding diaryl/α,β-unsaturated/α-hetero) is 1. The van der Waals surface area contributed by atoms with Crippen molar-refractivity contribution >= 4 is 49.8 Å². The van der Waals surface area contributed by atoms with Crippen molar-refractivity contribution in [3.05, 3.63) is 88.7 Å². The number of benzene rings is 3. The van der Waals surface area contributed by atoms with E-state index < -0.39 is 11.7 Å². The second kappa shape index (κ2) is 11.0. The van der Waals surface area contributed by atoms with Crippen molar-refractivity contribution in [3.8, 4) is 33.0 Å². The molecule has 6 aromatic rings. The van der Waals surface area contributed by atoms with Gasteiger partial charge < -0.3 is 4.74 Å². The van der Waals surface area contributed by atoms with E-state index in [9.17, 15) is 4.79 Å². The van der Waals surface area contributed by atoms with Crippen molar-refractivity contribution in [1.29, 1.82) is 0 Å². The molecule has 0 bridgehead atoms. The maximum absolute atomic E-state index is 13.1. The van der Waals surface area contributed by atoms with Crippen LogP contribution < -0.4 is 0 Å². The summed E-state index contributed by atoms with van der Waals surface area (Å²) in [6, 6.07) is 20.2. The highest BCUT2D eigenvalue weighted by atomic mass is 35.5. The second-order valence-electron chi connectivity index (χ2n) is 11.9. The Bertz CT molecular complexity index is 2020. The number of pyridine rings is 1. The van der Waals surface area contributed by atoms with Crippen LogP contribution in [0.4, 0.5) is 0 Å². The third kappa shape index (κ3) is 5.60. The third-order valence-corrected chi connectivity index (χ3v) is 8.89. The molecule has 1 atom stereocenters. The third-order valence-electron chi connectivity index (χ3n) is 7.50. The zero-order valence-corrected chi connectivity index (χ0v) is 26.9. The van der Waals surface area contributed by atoms with Gasteiger partial charge in [0.1, 0.15) is 11.1 Å². The van der Waals surface area contributed by atoms with E-state index in [1.54, 1.807) is 18.3 Å². The molecule has 3 aromatic heterocycles. The van der Waals surface area contributed by atoms with Crippen molar-refractivity contribution in [2.75, 3.05) is 0 Å². The molecule has 0 saturated heterocycles. The molecule has 0 radical (unpaired) electrons. The molecule has 6 rings (SSSR count). The number of rotatable bonds is 6. The molecular formula is C35H33ClN4O2S. The lowest BCUT2D eigenvalue weighted by molar-refractivity contribution is -0.138. The number of carbonyl (C=O) groups excluding carboxylic acids is 1. The van der Waals surface area contributed by atoms with Crippen LogP contribution in [0.3, 0.4) is 0 Å². The van der Waals surface area contributed by atoms with Crippen LogP contribution in [0.15, 0.2) is 66.9 Å². The number of carbonyl (C=O) groups is 1. The molecule has 218 valence electrons. The predicted molar refractivity (Wildman–Crippen MR) is 177 cm³/mol. The number of aromatic nitrogens is 4. The molecule has 0 aliphatic heterocycles. The molecule has 0 unspecified atom stereocenters. The first-order valence-corrected chi connectivity index (χ1v) is 15.4. The molecule has 0 N–H and O–H groups in total. The molecule has 0 spiro atoms. The lowest BCUT2D eigenvalue weighted by Gasteiger charge is -2.29. The predicted octanol–water partition coefficient (Wildman–Crippen LogP) is 9.29. The van der Waals surface area contributed by atoms with Crippen LogP contribution in [-0.4, -0.2) is 31.1 Å². The van der Waals surface area contributed by atoms with Crippen molar-refractivity contribution in [3.63, 3.8) is 0 Å². The summed E-state index contributed by atoms with van der Waals surface area (Å²) in [5.41, 5.74) is 9.03. The van der Waals surface area contributed by atoms with Gasteiger partial charge in [-0.1, -0.05) is 29.8 Å². The first-order chi connectivity index (χ1) is 20.4. The molecular weight excluding hydrogens is 576 g/mol. The summed E-state index contributed by atoms with van der Waals surface area (Å²) in [5.74, 6) is -0.0445. The molecule has 6 nitrogen and oxygen atoms in total. The minimum Gasteiger partial charge on any atom is -0.360 e. The molecule has 3 heterocycles. The number of ether oxygens (including phenoxy) is 1. The average Bonchev–Trinajstić information content (AvgIpc) is 3.51. The molecule has 0 saturated carbocycles. The fraction of sp³-hybridized carbons (Fsp3) is 0.257. The van der Waals surface area contributed by atoms with E-state index in [-0.39, 0.29) is 5.78 Å². The lowest BCUT2D eigenvalue weighted by atomic mass is 9.90. The van der Waals surface area contributed by atoms with Crippen molar-refractivity contribution in [2.24, 2.45) is 7.05 Å². The Morgan fingerprint density at radius 3 is 2.40 bits per heavy atom. The van der Waals surface area contributed by atoms with Gasteiger partial charge in [-0.25, -0.2) is 4.98 Å². The van der Waals surface area contributed by atoms with Gasteiger partial charge in [0.15, 0.2) is 5.78 Å². The van der Waals surface area contributed by atoms with Crippen LogP contribution in [0.5, 0.6) is 0 Å². The van der Waals surface area contributed by atoms with Gasteiger partial charge in [0.2, 0.25) is 0 Å². The summed E-state index contributed by atoms with van der Waals surface area (Å²) in [5, 5.41) is 7.20. The van der Waals surface area contributed by atoms with Crippen molar-refractivity contribution in [2.45, 2.75) is 53.2 Å².